The molecule has 0 saturated carbocycles. The fraction of sp³-hybridized carbons (Fsp3) is 0.261. The summed E-state index contributed by atoms with van der Waals surface area (Å²) in [6.07, 6.45) is 1.37. The third kappa shape index (κ3) is 5.07. The van der Waals surface area contributed by atoms with E-state index in [4.69, 9.17) is 21.1 Å². The van der Waals surface area contributed by atoms with Crippen LogP contribution in [0.1, 0.15) is 31.9 Å². The Balaban J connectivity index is 2.07. The van der Waals surface area contributed by atoms with Crippen molar-refractivity contribution < 1.29 is 23.9 Å². The van der Waals surface area contributed by atoms with E-state index in [1.807, 2.05) is 20.8 Å². The zero-order valence-corrected chi connectivity index (χ0v) is 20.9. The molecule has 1 aliphatic heterocycles. The number of imide groups is 2. The van der Waals surface area contributed by atoms with Crippen LogP contribution in [0.2, 0.25) is 5.02 Å². The molecule has 0 atom stereocenters. The Morgan fingerprint density at radius 1 is 1.19 bits per heavy atom. The zero-order valence-electron chi connectivity index (χ0n) is 18.0. The van der Waals surface area contributed by atoms with Gasteiger partial charge in [-0.05, 0) is 91.8 Å². The fourth-order valence-corrected chi connectivity index (χ4v) is 4.07. The van der Waals surface area contributed by atoms with Gasteiger partial charge in [0.15, 0.2) is 11.5 Å². The summed E-state index contributed by atoms with van der Waals surface area (Å²) < 4.78 is 12.3. The van der Waals surface area contributed by atoms with Gasteiger partial charge in [0, 0.05) is 5.02 Å². The Morgan fingerprint density at radius 2 is 1.91 bits per heavy atom. The Bertz CT molecular complexity index is 1130. The molecule has 168 valence electrons. The van der Waals surface area contributed by atoms with Crippen molar-refractivity contribution in [2.45, 2.75) is 33.8 Å². The first-order valence-electron chi connectivity index (χ1n) is 9.93. The molecular weight excluding hydrogens is 547 g/mol. The molecule has 1 N–H and O–H groups in total. The lowest BCUT2D eigenvalue weighted by Gasteiger charge is -2.27. The maximum atomic E-state index is 13.2. The summed E-state index contributed by atoms with van der Waals surface area (Å²) in [5.41, 5.74) is 1.35. The predicted octanol–water partition coefficient (Wildman–Crippen LogP) is 5.11. The quantitative estimate of drug-likeness (QED) is 0.298. The van der Waals surface area contributed by atoms with Gasteiger partial charge in [0.2, 0.25) is 0 Å². The van der Waals surface area contributed by atoms with Crippen LogP contribution >= 0.6 is 34.2 Å². The molecule has 2 aromatic rings. The van der Waals surface area contributed by atoms with Gasteiger partial charge in [-0.3, -0.25) is 14.9 Å². The molecule has 7 nitrogen and oxygen atoms in total. The maximum Gasteiger partial charge on any atom is 0.335 e. The van der Waals surface area contributed by atoms with Crippen molar-refractivity contribution in [2.24, 2.45) is 0 Å². The normalized spacial score (nSPS) is 15.4. The minimum Gasteiger partial charge on any atom is -0.490 e. The number of nitrogens with one attached hydrogen (secondary N) is 1. The minimum absolute atomic E-state index is 0.0573. The van der Waals surface area contributed by atoms with E-state index in [0.717, 1.165) is 8.47 Å². The van der Waals surface area contributed by atoms with Gasteiger partial charge in [0.25, 0.3) is 11.8 Å². The van der Waals surface area contributed by atoms with Crippen LogP contribution in [0.25, 0.3) is 6.08 Å². The number of carbonyl (C=O) groups excluding carboxylic acids is 3. The summed E-state index contributed by atoms with van der Waals surface area (Å²) in [6, 6.07) is 7.51. The first-order valence-corrected chi connectivity index (χ1v) is 11.4. The van der Waals surface area contributed by atoms with E-state index < -0.39 is 17.8 Å². The number of anilines is 1. The molecule has 0 bridgehead atoms. The molecule has 2 aromatic carbocycles. The summed E-state index contributed by atoms with van der Waals surface area (Å²) in [4.78, 5) is 39.1. The molecule has 1 saturated heterocycles. The van der Waals surface area contributed by atoms with E-state index in [9.17, 15) is 14.4 Å². The summed E-state index contributed by atoms with van der Waals surface area (Å²) in [6.45, 7) is 7.84. The highest BCUT2D eigenvalue weighted by Gasteiger charge is 2.37. The summed E-state index contributed by atoms with van der Waals surface area (Å²) >= 11 is 8.18. The number of hydrogen-bond acceptors (Lipinski definition) is 5. The van der Waals surface area contributed by atoms with Crippen LogP contribution in [0.4, 0.5) is 10.5 Å². The summed E-state index contributed by atoms with van der Waals surface area (Å²) in [7, 11) is 0. The smallest absolute Gasteiger partial charge is 0.335 e. The molecule has 4 amide bonds. The highest BCUT2D eigenvalue weighted by Crippen LogP contribution is 2.36. The first kappa shape index (κ1) is 24.1. The summed E-state index contributed by atoms with van der Waals surface area (Å²) in [5.74, 6) is -0.413. The largest absolute Gasteiger partial charge is 0.490 e. The standard InChI is InChI=1S/C23H22ClIN2O5/c1-5-31-19-10-14(9-17(25)20(19)32-12(2)3)8-16-21(28)26-23(30)27(22(16)29)18-11-15(24)7-6-13(18)4/h6-12H,5H2,1-4H3,(H,26,28,30)/b16-8+. The van der Waals surface area contributed by atoms with Gasteiger partial charge in [0.1, 0.15) is 5.57 Å². The van der Waals surface area contributed by atoms with Crippen molar-refractivity contribution in [3.63, 3.8) is 0 Å². The topological polar surface area (TPSA) is 84.9 Å². The number of amides is 4. The van der Waals surface area contributed by atoms with E-state index in [1.54, 1.807) is 31.2 Å². The maximum absolute atomic E-state index is 13.2. The Labute approximate surface area is 204 Å². The van der Waals surface area contributed by atoms with Crippen molar-refractivity contribution in [2.75, 3.05) is 11.5 Å². The second-order valence-electron chi connectivity index (χ2n) is 7.32. The average Bonchev–Trinajstić information content (AvgIpc) is 2.70. The first-order chi connectivity index (χ1) is 15.1. The van der Waals surface area contributed by atoms with E-state index in [1.165, 1.54) is 12.1 Å². The lowest BCUT2D eigenvalue weighted by molar-refractivity contribution is -0.122. The monoisotopic (exact) mass is 568 g/mol. The lowest BCUT2D eigenvalue weighted by atomic mass is 10.1. The average molecular weight is 569 g/mol. The number of nitrogens with zero attached hydrogens (tertiary/aromatic N) is 1. The number of ether oxygens (including phenoxy) is 2. The molecule has 0 unspecified atom stereocenters. The number of halogens is 2. The molecular formula is C23H22ClIN2O5. The number of rotatable bonds is 6. The van der Waals surface area contributed by atoms with Gasteiger partial charge >= 0.3 is 6.03 Å². The molecule has 0 spiro atoms. The Kier molecular flexibility index (Phi) is 7.45. The number of carbonyl (C=O) groups is 3. The molecule has 1 fully saturated rings. The second kappa shape index (κ2) is 9.91. The minimum atomic E-state index is -0.826. The van der Waals surface area contributed by atoms with Gasteiger partial charge in [-0.2, -0.15) is 0 Å². The predicted molar refractivity (Wildman–Crippen MR) is 131 cm³/mol. The third-order valence-corrected chi connectivity index (χ3v) is 5.55. The van der Waals surface area contributed by atoms with E-state index >= 15 is 0 Å². The Hall–Kier alpha value is -2.59. The van der Waals surface area contributed by atoms with Gasteiger partial charge in [0.05, 0.1) is 22.0 Å². The Morgan fingerprint density at radius 3 is 2.56 bits per heavy atom. The van der Waals surface area contributed by atoms with Gasteiger partial charge in [-0.1, -0.05) is 17.7 Å². The van der Waals surface area contributed by atoms with Crippen LogP contribution in [-0.2, 0) is 9.59 Å². The molecule has 3 rings (SSSR count). The van der Waals surface area contributed by atoms with Gasteiger partial charge in [-0.25, -0.2) is 9.69 Å². The molecule has 1 heterocycles. The third-order valence-electron chi connectivity index (χ3n) is 4.51. The van der Waals surface area contributed by atoms with Crippen molar-refractivity contribution in [1.29, 1.82) is 0 Å². The van der Waals surface area contributed by atoms with Crippen molar-refractivity contribution in [3.8, 4) is 11.5 Å². The SMILES string of the molecule is CCOc1cc(/C=C2\C(=O)NC(=O)N(c3cc(Cl)ccc3C)C2=O)cc(I)c1OC(C)C. The number of hydrogen-bond donors (Lipinski definition) is 1. The number of benzene rings is 2. The zero-order chi connectivity index (χ0) is 23.6. The van der Waals surface area contributed by atoms with Crippen LogP contribution in [0.3, 0.4) is 0 Å². The molecule has 1 aliphatic rings. The molecule has 9 heteroatoms. The second-order valence-corrected chi connectivity index (χ2v) is 8.92. The van der Waals surface area contributed by atoms with Crippen LogP contribution in [0.5, 0.6) is 11.5 Å². The summed E-state index contributed by atoms with van der Waals surface area (Å²) in [5, 5.41) is 2.59. The van der Waals surface area contributed by atoms with Crippen molar-refractivity contribution >= 4 is 63.8 Å². The lowest BCUT2D eigenvalue weighted by Crippen LogP contribution is -2.54. The van der Waals surface area contributed by atoms with E-state index in [0.29, 0.717) is 39.9 Å². The van der Waals surface area contributed by atoms with Crippen LogP contribution in [-0.4, -0.2) is 30.6 Å². The number of barbiturate groups is 1. The fourth-order valence-electron chi connectivity index (χ4n) is 3.15. The molecule has 0 radical (unpaired) electrons. The highest BCUT2D eigenvalue weighted by molar-refractivity contribution is 14.1. The van der Waals surface area contributed by atoms with E-state index in [2.05, 4.69) is 27.9 Å². The van der Waals surface area contributed by atoms with Crippen LogP contribution < -0.4 is 19.7 Å². The van der Waals surface area contributed by atoms with Crippen molar-refractivity contribution in [1.82, 2.24) is 5.32 Å². The van der Waals surface area contributed by atoms with Gasteiger partial charge < -0.3 is 9.47 Å². The van der Waals surface area contributed by atoms with Crippen LogP contribution in [0.15, 0.2) is 35.9 Å². The highest BCUT2D eigenvalue weighted by atomic mass is 127. The molecule has 0 aromatic heterocycles. The molecule has 32 heavy (non-hydrogen) atoms. The molecule has 0 aliphatic carbocycles. The van der Waals surface area contributed by atoms with Crippen molar-refractivity contribution in [3.05, 3.63) is 55.6 Å². The van der Waals surface area contributed by atoms with Gasteiger partial charge in [-0.15, -0.1) is 0 Å². The number of aryl methyl sites for hydroxylation is 1. The van der Waals surface area contributed by atoms with E-state index in [-0.39, 0.29) is 11.7 Å². The number of urea groups is 1. The van der Waals surface area contributed by atoms with Crippen LogP contribution in [0, 0.1) is 10.5 Å².